The average molecular weight is 215 g/mol. The molecule has 14 heavy (non-hydrogen) atoms. The summed E-state index contributed by atoms with van der Waals surface area (Å²) in [4.78, 5) is 18.7. The van der Waals surface area contributed by atoms with Crippen LogP contribution in [0.4, 0.5) is 13.2 Å². The van der Waals surface area contributed by atoms with E-state index in [4.69, 9.17) is 15.6 Å². The van der Waals surface area contributed by atoms with E-state index in [1.807, 2.05) is 13.8 Å². The third kappa shape index (κ3) is 8.98. The van der Waals surface area contributed by atoms with Gasteiger partial charge in [0, 0.05) is 0 Å². The fourth-order valence-electron chi connectivity index (χ4n) is 0.157. The molecule has 0 aromatic rings. The molecule has 1 unspecified atom stereocenters. The van der Waals surface area contributed by atoms with Gasteiger partial charge in [-0.05, 0) is 5.92 Å². The number of carboxylic acid groups (broad SMARTS) is 1. The van der Waals surface area contributed by atoms with Crippen LogP contribution in [-0.2, 0) is 9.59 Å². The smallest absolute Gasteiger partial charge is 0.475 e. The zero-order valence-electron chi connectivity index (χ0n) is 7.71. The number of carbonyl (C=O) groups excluding carboxylic acids is 1. The van der Waals surface area contributed by atoms with Crippen molar-refractivity contribution >= 4 is 12.3 Å². The van der Waals surface area contributed by atoms with Gasteiger partial charge in [0.2, 0.25) is 0 Å². The van der Waals surface area contributed by atoms with Crippen molar-refractivity contribution in [3.8, 4) is 0 Å². The SMILES string of the molecule is CC(C)C(N)C=O.O=C(O)C(F)(F)F. The van der Waals surface area contributed by atoms with E-state index in [-0.39, 0.29) is 12.0 Å². The van der Waals surface area contributed by atoms with Crippen molar-refractivity contribution < 1.29 is 27.9 Å². The Hall–Kier alpha value is -1.11. The highest BCUT2D eigenvalue weighted by molar-refractivity contribution is 5.73. The molecule has 0 amide bonds. The first-order valence-electron chi connectivity index (χ1n) is 3.64. The molecule has 0 radical (unpaired) electrons. The van der Waals surface area contributed by atoms with Crippen molar-refractivity contribution in [3.05, 3.63) is 0 Å². The molecule has 7 heteroatoms. The Morgan fingerprint density at radius 1 is 1.43 bits per heavy atom. The van der Waals surface area contributed by atoms with Crippen molar-refractivity contribution in [1.82, 2.24) is 0 Å². The number of halogens is 3. The lowest BCUT2D eigenvalue weighted by atomic mass is 10.1. The molecular formula is C7H12F3NO3. The first-order valence-corrected chi connectivity index (χ1v) is 3.64. The summed E-state index contributed by atoms with van der Waals surface area (Å²) in [5.74, 6) is -2.48. The van der Waals surface area contributed by atoms with Gasteiger partial charge in [-0.3, -0.25) is 0 Å². The summed E-state index contributed by atoms with van der Waals surface area (Å²) >= 11 is 0. The molecule has 0 rings (SSSR count). The zero-order chi connectivity index (χ0) is 11.9. The molecule has 0 aliphatic heterocycles. The largest absolute Gasteiger partial charge is 0.490 e. The number of carboxylic acids is 1. The van der Waals surface area contributed by atoms with Gasteiger partial charge >= 0.3 is 12.1 Å². The van der Waals surface area contributed by atoms with Crippen LogP contribution < -0.4 is 5.73 Å². The number of hydrogen-bond donors (Lipinski definition) is 2. The maximum atomic E-state index is 10.6. The monoisotopic (exact) mass is 215 g/mol. The zero-order valence-corrected chi connectivity index (χ0v) is 7.71. The van der Waals surface area contributed by atoms with E-state index in [0.717, 1.165) is 6.29 Å². The van der Waals surface area contributed by atoms with E-state index < -0.39 is 12.1 Å². The summed E-state index contributed by atoms with van der Waals surface area (Å²) in [6.45, 7) is 3.83. The van der Waals surface area contributed by atoms with Gasteiger partial charge in [-0.1, -0.05) is 13.8 Å². The molecule has 0 bridgehead atoms. The Bertz CT molecular complexity index is 191. The van der Waals surface area contributed by atoms with Gasteiger partial charge < -0.3 is 15.6 Å². The van der Waals surface area contributed by atoms with E-state index in [9.17, 15) is 18.0 Å². The summed E-state index contributed by atoms with van der Waals surface area (Å²) in [5, 5.41) is 7.12. The molecule has 84 valence electrons. The Kier molecular flexibility index (Phi) is 6.98. The Morgan fingerprint density at radius 3 is 1.71 bits per heavy atom. The highest BCUT2D eigenvalue weighted by atomic mass is 19.4. The number of alkyl halides is 3. The quantitative estimate of drug-likeness (QED) is 0.667. The lowest BCUT2D eigenvalue weighted by Crippen LogP contribution is -2.27. The van der Waals surface area contributed by atoms with Crippen LogP contribution in [0.5, 0.6) is 0 Å². The molecule has 0 fully saturated rings. The van der Waals surface area contributed by atoms with Crippen LogP contribution in [0.1, 0.15) is 13.8 Å². The minimum atomic E-state index is -5.08. The van der Waals surface area contributed by atoms with Crippen LogP contribution in [0.2, 0.25) is 0 Å². The van der Waals surface area contributed by atoms with E-state index in [1.54, 1.807) is 0 Å². The van der Waals surface area contributed by atoms with Crippen molar-refractivity contribution in [2.24, 2.45) is 11.7 Å². The summed E-state index contributed by atoms with van der Waals surface area (Å²) in [7, 11) is 0. The molecule has 0 heterocycles. The third-order valence-corrected chi connectivity index (χ3v) is 1.17. The Balaban J connectivity index is 0. The minimum Gasteiger partial charge on any atom is -0.475 e. The number of nitrogens with two attached hydrogens (primary N) is 1. The molecule has 0 aliphatic rings. The van der Waals surface area contributed by atoms with Gasteiger partial charge in [0.1, 0.15) is 6.29 Å². The first-order chi connectivity index (χ1) is 6.12. The van der Waals surface area contributed by atoms with Gasteiger partial charge in [0.15, 0.2) is 0 Å². The fourth-order valence-corrected chi connectivity index (χ4v) is 0.157. The highest BCUT2D eigenvalue weighted by Crippen LogP contribution is 2.13. The topological polar surface area (TPSA) is 80.4 Å². The molecule has 4 nitrogen and oxygen atoms in total. The van der Waals surface area contributed by atoms with Crippen LogP contribution in [0.15, 0.2) is 0 Å². The van der Waals surface area contributed by atoms with E-state index in [0.29, 0.717) is 0 Å². The third-order valence-electron chi connectivity index (χ3n) is 1.17. The van der Waals surface area contributed by atoms with Crippen LogP contribution in [-0.4, -0.2) is 29.6 Å². The van der Waals surface area contributed by atoms with Gasteiger partial charge in [-0.2, -0.15) is 13.2 Å². The second-order valence-corrected chi connectivity index (χ2v) is 2.76. The lowest BCUT2D eigenvalue weighted by Gasteiger charge is -2.04. The first kappa shape index (κ1) is 15.4. The minimum absolute atomic E-state index is 0.275. The summed E-state index contributed by atoms with van der Waals surface area (Å²) in [5.41, 5.74) is 5.25. The van der Waals surface area contributed by atoms with Crippen LogP contribution >= 0.6 is 0 Å². The summed E-state index contributed by atoms with van der Waals surface area (Å²) in [6.07, 6.45) is -4.31. The van der Waals surface area contributed by atoms with Crippen LogP contribution in [0.25, 0.3) is 0 Å². The number of rotatable bonds is 2. The maximum Gasteiger partial charge on any atom is 0.490 e. The average Bonchev–Trinajstić information content (AvgIpc) is 2.02. The van der Waals surface area contributed by atoms with E-state index in [1.165, 1.54) is 0 Å². The summed E-state index contributed by atoms with van der Waals surface area (Å²) < 4.78 is 31.7. The number of aldehydes is 1. The van der Waals surface area contributed by atoms with Crippen LogP contribution in [0, 0.1) is 5.92 Å². The fraction of sp³-hybridized carbons (Fsp3) is 0.714. The lowest BCUT2D eigenvalue weighted by molar-refractivity contribution is -0.192. The van der Waals surface area contributed by atoms with E-state index >= 15 is 0 Å². The van der Waals surface area contributed by atoms with Crippen molar-refractivity contribution in [2.45, 2.75) is 26.1 Å². The van der Waals surface area contributed by atoms with Gasteiger partial charge in [0.05, 0.1) is 6.04 Å². The number of hydrogen-bond acceptors (Lipinski definition) is 3. The molecule has 3 N–H and O–H groups in total. The number of aliphatic carboxylic acids is 1. The number of carbonyl (C=O) groups is 2. The van der Waals surface area contributed by atoms with Crippen LogP contribution in [0.3, 0.4) is 0 Å². The molecule has 0 aromatic carbocycles. The van der Waals surface area contributed by atoms with Crippen molar-refractivity contribution in [3.63, 3.8) is 0 Å². The van der Waals surface area contributed by atoms with Crippen molar-refractivity contribution in [2.75, 3.05) is 0 Å². The normalized spacial score (nSPS) is 12.8. The Morgan fingerprint density at radius 2 is 1.71 bits per heavy atom. The van der Waals surface area contributed by atoms with E-state index in [2.05, 4.69) is 0 Å². The van der Waals surface area contributed by atoms with Gasteiger partial charge in [0.25, 0.3) is 0 Å². The van der Waals surface area contributed by atoms with Gasteiger partial charge in [-0.15, -0.1) is 0 Å². The molecule has 0 saturated heterocycles. The molecular weight excluding hydrogens is 203 g/mol. The predicted molar refractivity (Wildman–Crippen MR) is 42.6 cm³/mol. The molecule has 0 spiro atoms. The predicted octanol–water partition coefficient (Wildman–Crippen LogP) is 0.802. The van der Waals surface area contributed by atoms with Crippen molar-refractivity contribution in [1.29, 1.82) is 0 Å². The maximum absolute atomic E-state index is 10.6. The Labute approximate surface area is 78.9 Å². The second-order valence-electron chi connectivity index (χ2n) is 2.76. The highest BCUT2D eigenvalue weighted by Gasteiger charge is 2.38. The molecule has 0 aromatic heterocycles. The molecule has 0 saturated carbocycles. The summed E-state index contributed by atoms with van der Waals surface area (Å²) in [6, 6.07) is -0.278. The molecule has 1 atom stereocenters. The van der Waals surface area contributed by atoms with Gasteiger partial charge in [-0.25, -0.2) is 4.79 Å². The second kappa shape index (κ2) is 6.36. The standard InChI is InChI=1S/C5H11NO.C2HF3O2/c1-4(2)5(6)3-7;3-2(4,5)1(6)7/h3-5H,6H2,1-2H3;(H,6,7). The molecule has 0 aliphatic carbocycles.